The molecule has 2 aliphatic heterocycles. The average molecular weight is 278 g/mol. The molecule has 0 radical (unpaired) electrons. The smallest absolute Gasteiger partial charge is 0.228 e. The molecule has 3 rings (SSSR count). The van der Waals surface area contributed by atoms with Crippen molar-refractivity contribution in [2.24, 2.45) is 11.3 Å². The number of likely N-dealkylation sites (tertiary alicyclic amines) is 1. The van der Waals surface area contributed by atoms with Crippen molar-refractivity contribution in [3.8, 4) is 0 Å². The third-order valence-corrected chi connectivity index (χ3v) is 5.80. The van der Waals surface area contributed by atoms with Gasteiger partial charge in [-0.3, -0.25) is 9.59 Å². The number of hydrogen-bond acceptors (Lipinski definition) is 2. The fraction of sp³-hybridized carbons (Fsp3) is 0.875. The van der Waals surface area contributed by atoms with Gasteiger partial charge in [-0.2, -0.15) is 0 Å². The summed E-state index contributed by atoms with van der Waals surface area (Å²) in [5, 5.41) is 3.09. The topological polar surface area (TPSA) is 49.4 Å². The molecule has 1 saturated carbocycles. The van der Waals surface area contributed by atoms with Crippen LogP contribution >= 0.6 is 0 Å². The van der Waals surface area contributed by atoms with E-state index >= 15 is 0 Å². The molecule has 0 aromatic heterocycles. The minimum absolute atomic E-state index is 0.0647. The minimum Gasteiger partial charge on any atom is -0.353 e. The standard InChI is InChI=1S/C16H26N2O2/c1-2-16(8-3-4-9-16)15(20)18-10-7-13-12(11-18)5-6-14(19)17-13/h12-13H,2-11H2,1H3,(H,17,19). The molecule has 3 fully saturated rings. The highest BCUT2D eigenvalue weighted by Crippen LogP contribution is 2.43. The van der Waals surface area contributed by atoms with Crippen LogP contribution in [0.15, 0.2) is 0 Å². The number of rotatable bonds is 2. The Balaban J connectivity index is 1.67. The normalized spacial score (nSPS) is 32.6. The van der Waals surface area contributed by atoms with E-state index < -0.39 is 0 Å². The Bertz CT molecular complexity index is 401. The summed E-state index contributed by atoms with van der Waals surface area (Å²) >= 11 is 0. The number of fused-ring (bicyclic) bond motifs is 1. The molecule has 0 bridgehead atoms. The second-order valence-electron chi connectivity index (χ2n) is 6.85. The van der Waals surface area contributed by atoms with E-state index in [1.54, 1.807) is 0 Å². The first kappa shape index (κ1) is 13.9. The highest BCUT2D eigenvalue weighted by Gasteiger charge is 2.44. The predicted octanol–water partition coefficient (Wildman–Crippen LogP) is 2.08. The quantitative estimate of drug-likeness (QED) is 0.841. The van der Waals surface area contributed by atoms with Crippen LogP contribution in [-0.4, -0.2) is 35.8 Å². The van der Waals surface area contributed by atoms with E-state index in [1.165, 1.54) is 12.8 Å². The Hall–Kier alpha value is -1.06. The first-order chi connectivity index (χ1) is 9.64. The van der Waals surface area contributed by atoms with E-state index in [0.29, 0.717) is 24.3 Å². The molecule has 20 heavy (non-hydrogen) atoms. The van der Waals surface area contributed by atoms with Crippen LogP contribution in [0.25, 0.3) is 0 Å². The van der Waals surface area contributed by atoms with Crippen molar-refractivity contribution < 1.29 is 9.59 Å². The molecule has 2 amide bonds. The van der Waals surface area contributed by atoms with Crippen LogP contribution < -0.4 is 5.32 Å². The molecule has 3 aliphatic rings. The van der Waals surface area contributed by atoms with Crippen molar-refractivity contribution in [1.29, 1.82) is 0 Å². The van der Waals surface area contributed by atoms with E-state index in [1.807, 2.05) is 0 Å². The molecule has 0 aromatic carbocycles. The number of nitrogens with one attached hydrogen (secondary N) is 1. The van der Waals surface area contributed by atoms with Crippen LogP contribution in [0.1, 0.15) is 58.3 Å². The fourth-order valence-corrected chi connectivity index (χ4v) is 4.40. The Morgan fingerprint density at radius 1 is 1.35 bits per heavy atom. The molecule has 4 nitrogen and oxygen atoms in total. The summed E-state index contributed by atoms with van der Waals surface area (Å²) < 4.78 is 0. The molecule has 2 heterocycles. The molecule has 112 valence electrons. The van der Waals surface area contributed by atoms with Gasteiger partial charge in [-0.15, -0.1) is 0 Å². The van der Waals surface area contributed by atoms with Crippen molar-refractivity contribution in [3.63, 3.8) is 0 Å². The summed E-state index contributed by atoms with van der Waals surface area (Å²) in [5.74, 6) is 1.06. The first-order valence-corrected chi connectivity index (χ1v) is 8.23. The van der Waals surface area contributed by atoms with Gasteiger partial charge in [-0.25, -0.2) is 0 Å². The van der Waals surface area contributed by atoms with E-state index in [-0.39, 0.29) is 11.3 Å². The van der Waals surface area contributed by atoms with Crippen molar-refractivity contribution in [1.82, 2.24) is 10.2 Å². The lowest BCUT2D eigenvalue weighted by Crippen LogP contribution is -2.57. The third kappa shape index (κ3) is 2.33. The van der Waals surface area contributed by atoms with Crippen LogP contribution in [0.2, 0.25) is 0 Å². The lowest BCUT2D eigenvalue weighted by molar-refractivity contribution is -0.145. The number of carbonyl (C=O) groups is 2. The Morgan fingerprint density at radius 2 is 2.10 bits per heavy atom. The number of carbonyl (C=O) groups excluding carboxylic acids is 2. The van der Waals surface area contributed by atoms with Crippen LogP contribution in [0.5, 0.6) is 0 Å². The molecule has 2 saturated heterocycles. The lowest BCUT2D eigenvalue weighted by Gasteiger charge is -2.44. The first-order valence-electron chi connectivity index (χ1n) is 8.23. The zero-order valence-electron chi connectivity index (χ0n) is 12.5. The van der Waals surface area contributed by atoms with Crippen molar-refractivity contribution in [2.75, 3.05) is 13.1 Å². The minimum atomic E-state index is -0.0647. The van der Waals surface area contributed by atoms with E-state index in [0.717, 1.165) is 45.2 Å². The maximum absolute atomic E-state index is 12.9. The van der Waals surface area contributed by atoms with Crippen LogP contribution in [0, 0.1) is 11.3 Å². The highest BCUT2D eigenvalue weighted by molar-refractivity contribution is 5.83. The summed E-state index contributed by atoms with van der Waals surface area (Å²) in [4.78, 5) is 26.5. The fourth-order valence-electron chi connectivity index (χ4n) is 4.40. The van der Waals surface area contributed by atoms with Crippen molar-refractivity contribution >= 4 is 11.8 Å². The van der Waals surface area contributed by atoms with Crippen LogP contribution in [0.3, 0.4) is 0 Å². The second-order valence-corrected chi connectivity index (χ2v) is 6.85. The van der Waals surface area contributed by atoms with Gasteiger partial charge in [-0.05, 0) is 38.0 Å². The van der Waals surface area contributed by atoms with Gasteiger partial charge in [0.1, 0.15) is 0 Å². The van der Waals surface area contributed by atoms with Gasteiger partial charge in [0.15, 0.2) is 0 Å². The van der Waals surface area contributed by atoms with Gasteiger partial charge < -0.3 is 10.2 Å². The van der Waals surface area contributed by atoms with Gasteiger partial charge >= 0.3 is 0 Å². The van der Waals surface area contributed by atoms with Gasteiger partial charge in [0.05, 0.1) is 0 Å². The van der Waals surface area contributed by atoms with Gasteiger partial charge in [-0.1, -0.05) is 19.8 Å². The van der Waals surface area contributed by atoms with Gasteiger partial charge in [0.25, 0.3) is 0 Å². The SMILES string of the molecule is CCC1(C(=O)N2CCC3NC(=O)CCC3C2)CCCC1. The van der Waals surface area contributed by atoms with Crippen LogP contribution in [0.4, 0.5) is 0 Å². The van der Waals surface area contributed by atoms with Gasteiger partial charge in [0.2, 0.25) is 11.8 Å². The molecule has 1 N–H and O–H groups in total. The van der Waals surface area contributed by atoms with Crippen molar-refractivity contribution in [2.45, 2.75) is 64.3 Å². The maximum atomic E-state index is 12.9. The summed E-state index contributed by atoms with van der Waals surface area (Å²) in [7, 11) is 0. The Kier molecular flexibility index (Phi) is 3.74. The highest BCUT2D eigenvalue weighted by atomic mass is 16.2. The monoisotopic (exact) mass is 278 g/mol. The molecular weight excluding hydrogens is 252 g/mol. The molecule has 2 atom stereocenters. The molecular formula is C16H26N2O2. The summed E-state index contributed by atoms with van der Waals surface area (Å²) in [6.45, 7) is 3.84. The molecule has 0 spiro atoms. The Morgan fingerprint density at radius 3 is 2.80 bits per heavy atom. The number of nitrogens with zero attached hydrogens (tertiary/aromatic N) is 1. The summed E-state index contributed by atoms with van der Waals surface area (Å²) in [6, 6.07) is 0.307. The molecule has 1 aliphatic carbocycles. The van der Waals surface area contributed by atoms with Gasteiger partial charge in [0, 0.05) is 31.0 Å². The Labute approximate surface area is 121 Å². The number of amides is 2. The number of hydrogen-bond donors (Lipinski definition) is 1. The molecule has 2 unspecified atom stereocenters. The van der Waals surface area contributed by atoms with E-state index in [2.05, 4.69) is 17.1 Å². The summed E-state index contributed by atoms with van der Waals surface area (Å²) in [5.41, 5.74) is -0.0647. The second kappa shape index (κ2) is 5.38. The van der Waals surface area contributed by atoms with Crippen LogP contribution in [-0.2, 0) is 9.59 Å². The predicted molar refractivity (Wildman–Crippen MR) is 77.0 cm³/mol. The zero-order chi connectivity index (χ0) is 14.2. The lowest BCUT2D eigenvalue weighted by atomic mass is 9.79. The third-order valence-electron chi connectivity index (χ3n) is 5.80. The molecule has 0 aromatic rings. The average Bonchev–Trinajstić information content (AvgIpc) is 2.96. The zero-order valence-corrected chi connectivity index (χ0v) is 12.5. The maximum Gasteiger partial charge on any atom is 0.228 e. The summed E-state index contributed by atoms with van der Waals surface area (Å²) in [6.07, 6.45) is 8.04. The van der Waals surface area contributed by atoms with E-state index in [9.17, 15) is 9.59 Å². The number of piperidine rings is 2. The largest absolute Gasteiger partial charge is 0.353 e. The van der Waals surface area contributed by atoms with E-state index in [4.69, 9.17) is 0 Å². The van der Waals surface area contributed by atoms with Crippen molar-refractivity contribution in [3.05, 3.63) is 0 Å². The molecule has 4 heteroatoms.